The van der Waals surface area contributed by atoms with Crippen LogP contribution in [-0.2, 0) is 6.54 Å². The van der Waals surface area contributed by atoms with Crippen molar-refractivity contribution >= 4 is 15.9 Å². The maximum Gasteiger partial charge on any atom is 0.0873 e. The lowest BCUT2D eigenvalue weighted by Crippen LogP contribution is -2.05. The van der Waals surface area contributed by atoms with Crippen LogP contribution in [0.5, 0.6) is 0 Å². The molecule has 0 N–H and O–H groups in total. The Morgan fingerprint density at radius 3 is 2.06 bits per heavy atom. The van der Waals surface area contributed by atoms with Crippen LogP contribution in [-0.4, -0.2) is 14.5 Å². The lowest BCUT2D eigenvalue weighted by Gasteiger charge is -2.15. The highest BCUT2D eigenvalue weighted by atomic mass is 79.9. The minimum Gasteiger partial charge on any atom is -0.333 e. The summed E-state index contributed by atoms with van der Waals surface area (Å²) in [5, 5.41) is 0. The summed E-state index contributed by atoms with van der Waals surface area (Å²) in [5.74, 6) is 0. The third kappa shape index (κ3) is 4.07. The van der Waals surface area contributed by atoms with Gasteiger partial charge in [-0.1, -0.05) is 70.5 Å². The van der Waals surface area contributed by atoms with Gasteiger partial charge in [-0.3, -0.25) is 9.97 Å². The predicted octanol–water partition coefficient (Wildman–Crippen LogP) is 7.09. The van der Waals surface area contributed by atoms with E-state index in [9.17, 15) is 0 Å². The largest absolute Gasteiger partial charge is 0.333 e. The molecule has 2 aromatic carbocycles. The van der Waals surface area contributed by atoms with Crippen molar-refractivity contribution in [2.75, 3.05) is 0 Å². The van der Waals surface area contributed by atoms with Crippen LogP contribution >= 0.6 is 15.9 Å². The van der Waals surface area contributed by atoms with Crippen molar-refractivity contribution in [3.63, 3.8) is 0 Å². The van der Waals surface area contributed by atoms with Crippen molar-refractivity contribution in [3.8, 4) is 33.9 Å². The second-order valence-electron chi connectivity index (χ2n) is 7.30. The SMILES string of the molecule is Brc1cccc(-c2cc(-c3ccccn3)n(Cc3ccccc3)c2-c2ccccn2)c1. The van der Waals surface area contributed by atoms with Crippen LogP contribution in [0.25, 0.3) is 33.9 Å². The molecule has 0 aliphatic carbocycles. The van der Waals surface area contributed by atoms with Crippen LogP contribution in [0.4, 0.5) is 0 Å². The lowest BCUT2D eigenvalue weighted by molar-refractivity contribution is 0.817. The maximum absolute atomic E-state index is 4.71. The van der Waals surface area contributed by atoms with E-state index < -0.39 is 0 Å². The summed E-state index contributed by atoms with van der Waals surface area (Å²) in [5.41, 5.74) is 7.54. The molecule has 31 heavy (non-hydrogen) atoms. The first-order valence-electron chi connectivity index (χ1n) is 10.2. The highest BCUT2D eigenvalue weighted by molar-refractivity contribution is 9.10. The Hall–Kier alpha value is -3.50. The van der Waals surface area contributed by atoms with Crippen molar-refractivity contribution in [2.45, 2.75) is 6.54 Å². The predicted molar refractivity (Wildman–Crippen MR) is 130 cm³/mol. The summed E-state index contributed by atoms with van der Waals surface area (Å²) in [6, 6.07) is 33.2. The average Bonchev–Trinajstić information content (AvgIpc) is 3.20. The van der Waals surface area contributed by atoms with E-state index in [2.05, 4.69) is 86.1 Å². The highest BCUT2D eigenvalue weighted by Gasteiger charge is 2.21. The van der Waals surface area contributed by atoms with E-state index in [4.69, 9.17) is 4.98 Å². The number of rotatable bonds is 5. The van der Waals surface area contributed by atoms with Crippen molar-refractivity contribution < 1.29 is 0 Å². The fourth-order valence-electron chi connectivity index (χ4n) is 3.86. The van der Waals surface area contributed by atoms with Gasteiger partial charge in [-0.15, -0.1) is 0 Å². The van der Waals surface area contributed by atoms with Crippen LogP contribution in [0.1, 0.15) is 5.56 Å². The molecule has 0 spiro atoms. The first kappa shape index (κ1) is 19.5. The summed E-state index contributed by atoms with van der Waals surface area (Å²) in [4.78, 5) is 9.37. The van der Waals surface area contributed by atoms with E-state index in [1.807, 2.05) is 48.8 Å². The zero-order chi connectivity index (χ0) is 21.0. The monoisotopic (exact) mass is 465 g/mol. The first-order chi connectivity index (χ1) is 15.3. The van der Waals surface area contributed by atoms with Gasteiger partial charge in [0.1, 0.15) is 0 Å². The Morgan fingerprint density at radius 1 is 0.677 bits per heavy atom. The number of halogens is 1. The fraction of sp³-hybridized carbons (Fsp3) is 0.0370. The van der Waals surface area contributed by atoms with Crippen molar-refractivity contribution in [1.29, 1.82) is 0 Å². The summed E-state index contributed by atoms with van der Waals surface area (Å²) in [6.45, 7) is 0.729. The molecule has 0 aliphatic rings. The molecule has 0 saturated carbocycles. The first-order valence-corrected chi connectivity index (χ1v) is 10.9. The molecule has 0 fully saturated rings. The number of aromatic nitrogens is 3. The molecule has 0 radical (unpaired) electrons. The van der Waals surface area contributed by atoms with Crippen LogP contribution in [0, 0.1) is 0 Å². The van der Waals surface area contributed by atoms with Crippen molar-refractivity contribution in [3.05, 3.63) is 119 Å². The third-order valence-corrected chi connectivity index (χ3v) is 5.74. The topological polar surface area (TPSA) is 30.7 Å². The van der Waals surface area contributed by atoms with E-state index in [-0.39, 0.29) is 0 Å². The molecular formula is C27H20BrN3. The Morgan fingerprint density at radius 2 is 1.39 bits per heavy atom. The Bertz CT molecular complexity index is 1300. The zero-order valence-electron chi connectivity index (χ0n) is 16.8. The highest BCUT2D eigenvalue weighted by Crippen LogP contribution is 2.39. The Kier molecular flexibility index (Phi) is 5.46. The average molecular weight is 466 g/mol. The van der Waals surface area contributed by atoms with Crippen LogP contribution in [0.2, 0.25) is 0 Å². The molecule has 0 amide bonds. The molecule has 4 heteroatoms. The van der Waals surface area contributed by atoms with E-state index in [0.29, 0.717) is 0 Å². The zero-order valence-corrected chi connectivity index (χ0v) is 18.4. The van der Waals surface area contributed by atoms with Gasteiger partial charge in [0.05, 0.1) is 22.8 Å². The second kappa shape index (κ2) is 8.70. The van der Waals surface area contributed by atoms with E-state index in [0.717, 1.165) is 44.9 Å². The Labute approximate surface area is 190 Å². The molecular weight excluding hydrogens is 446 g/mol. The van der Waals surface area contributed by atoms with Gasteiger partial charge in [0, 0.05) is 29.0 Å². The molecule has 5 aromatic rings. The Balaban J connectivity index is 1.81. The summed E-state index contributed by atoms with van der Waals surface area (Å²) in [7, 11) is 0. The molecule has 3 heterocycles. The number of hydrogen-bond acceptors (Lipinski definition) is 2. The number of hydrogen-bond donors (Lipinski definition) is 0. The molecule has 3 aromatic heterocycles. The minimum atomic E-state index is 0.729. The second-order valence-corrected chi connectivity index (χ2v) is 8.22. The van der Waals surface area contributed by atoms with Crippen molar-refractivity contribution in [1.82, 2.24) is 14.5 Å². The quantitative estimate of drug-likeness (QED) is 0.277. The van der Waals surface area contributed by atoms with E-state index >= 15 is 0 Å². The molecule has 0 saturated heterocycles. The van der Waals surface area contributed by atoms with Crippen LogP contribution < -0.4 is 0 Å². The van der Waals surface area contributed by atoms with E-state index in [1.165, 1.54) is 5.56 Å². The number of nitrogens with zero attached hydrogens (tertiary/aromatic N) is 3. The molecule has 0 atom stereocenters. The maximum atomic E-state index is 4.71. The van der Waals surface area contributed by atoms with Crippen LogP contribution in [0.3, 0.4) is 0 Å². The summed E-state index contributed by atoms with van der Waals surface area (Å²) >= 11 is 3.63. The summed E-state index contributed by atoms with van der Waals surface area (Å²) < 4.78 is 3.38. The van der Waals surface area contributed by atoms with Gasteiger partial charge in [-0.2, -0.15) is 0 Å². The number of benzene rings is 2. The summed E-state index contributed by atoms with van der Waals surface area (Å²) in [6.07, 6.45) is 3.69. The third-order valence-electron chi connectivity index (χ3n) is 5.25. The van der Waals surface area contributed by atoms with Gasteiger partial charge in [0.25, 0.3) is 0 Å². The molecule has 0 aliphatic heterocycles. The van der Waals surface area contributed by atoms with Gasteiger partial charge in [0.2, 0.25) is 0 Å². The van der Waals surface area contributed by atoms with Gasteiger partial charge in [-0.25, -0.2) is 0 Å². The van der Waals surface area contributed by atoms with Gasteiger partial charge < -0.3 is 4.57 Å². The molecule has 3 nitrogen and oxygen atoms in total. The molecule has 150 valence electrons. The van der Waals surface area contributed by atoms with Crippen LogP contribution in [0.15, 0.2) is 114 Å². The minimum absolute atomic E-state index is 0.729. The van der Waals surface area contributed by atoms with Crippen molar-refractivity contribution in [2.24, 2.45) is 0 Å². The van der Waals surface area contributed by atoms with Gasteiger partial charge in [-0.05, 0) is 53.6 Å². The van der Waals surface area contributed by atoms with Gasteiger partial charge in [0.15, 0.2) is 0 Å². The molecule has 0 unspecified atom stereocenters. The molecule has 0 bridgehead atoms. The lowest BCUT2D eigenvalue weighted by atomic mass is 10.0. The standard InChI is InChI=1S/C27H20BrN3/c28-22-12-8-11-21(17-22)23-18-26(24-13-4-6-15-29-24)31(19-20-9-2-1-3-10-20)27(23)25-14-5-7-16-30-25/h1-18H,19H2. The smallest absolute Gasteiger partial charge is 0.0873 e. The number of pyridine rings is 2. The normalized spacial score (nSPS) is 10.9. The fourth-order valence-corrected chi connectivity index (χ4v) is 4.26. The van der Waals surface area contributed by atoms with E-state index in [1.54, 1.807) is 0 Å². The van der Waals surface area contributed by atoms with Gasteiger partial charge >= 0.3 is 0 Å². The molecule has 5 rings (SSSR count).